The number of thiazole rings is 1. The number of nitrogens with two attached hydrogens (primary N) is 1. The number of nitrogens with zero attached hydrogens (tertiary/aromatic N) is 4. The molecule has 0 bridgehead atoms. The fourth-order valence-electron chi connectivity index (χ4n) is 3.44. The monoisotopic (exact) mass is 466 g/mol. The predicted octanol–water partition coefficient (Wildman–Crippen LogP) is 2.18. The van der Waals surface area contributed by atoms with Gasteiger partial charge in [0.2, 0.25) is 0 Å². The zero-order valence-corrected chi connectivity index (χ0v) is 19.2. The van der Waals surface area contributed by atoms with E-state index in [-0.39, 0.29) is 18.4 Å². The molecule has 33 heavy (non-hydrogen) atoms. The Labute approximate surface area is 196 Å². The van der Waals surface area contributed by atoms with Crippen molar-refractivity contribution in [2.45, 2.75) is 0 Å². The van der Waals surface area contributed by atoms with E-state index in [4.69, 9.17) is 10.5 Å². The first-order valence-corrected chi connectivity index (χ1v) is 11.6. The molecule has 1 fully saturated rings. The molecule has 2 amide bonds. The number of hydrogen-bond acceptors (Lipinski definition) is 8. The molecule has 3 aromatic rings. The molecule has 172 valence electrons. The first-order chi connectivity index (χ1) is 16.0. The number of ether oxygens (including phenoxy) is 1. The number of benzene rings is 1. The largest absolute Gasteiger partial charge is 0.492 e. The van der Waals surface area contributed by atoms with Crippen molar-refractivity contribution in [3.05, 3.63) is 59.1 Å². The molecule has 1 aliphatic rings. The van der Waals surface area contributed by atoms with Crippen molar-refractivity contribution in [2.24, 2.45) is 5.73 Å². The van der Waals surface area contributed by atoms with Crippen LogP contribution in [0.3, 0.4) is 0 Å². The van der Waals surface area contributed by atoms with Gasteiger partial charge in [0.25, 0.3) is 11.8 Å². The van der Waals surface area contributed by atoms with Gasteiger partial charge in [-0.2, -0.15) is 0 Å². The van der Waals surface area contributed by atoms with Crippen molar-refractivity contribution in [1.29, 1.82) is 0 Å². The fourth-order valence-corrected chi connectivity index (χ4v) is 4.14. The molecule has 3 heterocycles. The van der Waals surface area contributed by atoms with Gasteiger partial charge in [-0.1, -0.05) is 6.07 Å². The van der Waals surface area contributed by atoms with E-state index >= 15 is 0 Å². The number of hydrogen-bond donors (Lipinski definition) is 2. The molecule has 0 saturated carbocycles. The fraction of sp³-hybridized carbons (Fsp3) is 0.304. The summed E-state index contributed by atoms with van der Waals surface area (Å²) in [5, 5.41) is 5.09. The summed E-state index contributed by atoms with van der Waals surface area (Å²) >= 11 is 1.31. The quantitative estimate of drug-likeness (QED) is 0.549. The lowest BCUT2D eigenvalue weighted by Gasteiger charge is -2.32. The van der Waals surface area contributed by atoms with Crippen LogP contribution in [0.25, 0.3) is 11.4 Å². The summed E-state index contributed by atoms with van der Waals surface area (Å²) in [4.78, 5) is 38.8. The number of carbonyl (C=O) groups excluding carboxylic acids is 2. The molecular formula is C23H26N6O3S. The highest BCUT2D eigenvalue weighted by atomic mass is 32.1. The van der Waals surface area contributed by atoms with Crippen LogP contribution < -0.4 is 15.8 Å². The van der Waals surface area contributed by atoms with Gasteiger partial charge in [0.15, 0.2) is 5.13 Å². The summed E-state index contributed by atoms with van der Waals surface area (Å²) in [6.45, 7) is 3.51. The number of aromatic nitrogens is 2. The lowest BCUT2D eigenvalue weighted by Crippen LogP contribution is -2.47. The second-order valence-corrected chi connectivity index (χ2v) is 8.54. The minimum absolute atomic E-state index is 0.123. The normalized spacial score (nSPS) is 14.2. The van der Waals surface area contributed by atoms with Gasteiger partial charge in [0.1, 0.15) is 18.1 Å². The third-order valence-corrected chi connectivity index (χ3v) is 6.00. The Balaban J connectivity index is 1.54. The average molecular weight is 467 g/mol. The number of pyridine rings is 1. The van der Waals surface area contributed by atoms with Crippen molar-refractivity contribution < 1.29 is 14.3 Å². The van der Waals surface area contributed by atoms with Gasteiger partial charge in [-0.05, 0) is 37.4 Å². The molecule has 1 aromatic carbocycles. The molecule has 0 radical (unpaired) electrons. The summed E-state index contributed by atoms with van der Waals surface area (Å²) in [7, 11) is 2.03. The lowest BCUT2D eigenvalue weighted by atomic mass is 10.1. The van der Waals surface area contributed by atoms with Crippen molar-refractivity contribution in [2.75, 3.05) is 51.7 Å². The Bertz CT molecular complexity index is 1110. The molecule has 2 aromatic heterocycles. The van der Waals surface area contributed by atoms with Gasteiger partial charge >= 0.3 is 0 Å². The summed E-state index contributed by atoms with van der Waals surface area (Å²) in [5.41, 5.74) is 7.69. The van der Waals surface area contributed by atoms with Crippen molar-refractivity contribution >= 4 is 28.3 Å². The molecule has 10 heteroatoms. The van der Waals surface area contributed by atoms with E-state index in [1.165, 1.54) is 11.3 Å². The first kappa shape index (κ1) is 22.8. The van der Waals surface area contributed by atoms with Crippen LogP contribution in [0.5, 0.6) is 5.75 Å². The summed E-state index contributed by atoms with van der Waals surface area (Å²) < 4.78 is 5.65. The van der Waals surface area contributed by atoms with Gasteiger partial charge in [0, 0.05) is 55.4 Å². The maximum Gasteiger partial charge on any atom is 0.257 e. The number of piperazine rings is 1. The number of carbonyl (C=O) groups is 2. The second-order valence-electron chi connectivity index (χ2n) is 7.69. The molecule has 1 aliphatic heterocycles. The Hall–Kier alpha value is -3.34. The third-order valence-electron chi connectivity index (χ3n) is 5.24. The molecule has 0 atom stereocenters. The second kappa shape index (κ2) is 10.5. The van der Waals surface area contributed by atoms with Crippen LogP contribution in [0.4, 0.5) is 5.13 Å². The Morgan fingerprint density at radius 1 is 1.12 bits per heavy atom. The number of nitrogens with one attached hydrogen (secondary N) is 1. The molecule has 1 saturated heterocycles. The van der Waals surface area contributed by atoms with Crippen LogP contribution >= 0.6 is 11.3 Å². The van der Waals surface area contributed by atoms with Crippen molar-refractivity contribution in [1.82, 2.24) is 19.8 Å². The SMILES string of the molecule is CN1CCN(C(=O)c2cc(OCCN)cc(C(=O)Nc3nc(-c4ccccn4)cs3)c2)CC1. The zero-order chi connectivity index (χ0) is 23.2. The number of anilines is 1. The summed E-state index contributed by atoms with van der Waals surface area (Å²) in [5.74, 6) is -0.0662. The Kier molecular flexibility index (Phi) is 7.28. The summed E-state index contributed by atoms with van der Waals surface area (Å²) in [6.07, 6.45) is 1.69. The molecule has 9 nitrogen and oxygen atoms in total. The number of rotatable bonds is 7. The van der Waals surface area contributed by atoms with Crippen LogP contribution in [0.2, 0.25) is 0 Å². The molecule has 4 rings (SSSR count). The van der Waals surface area contributed by atoms with Crippen molar-refractivity contribution in [3.8, 4) is 17.1 Å². The topological polar surface area (TPSA) is 114 Å². The molecule has 0 aliphatic carbocycles. The Morgan fingerprint density at radius 2 is 1.91 bits per heavy atom. The van der Waals surface area contributed by atoms with E-state index < -0.39 is 0 Å². The van der Waals surface area contributed by atoms with Crippen LogP contribution in [0.1, 0.15) is 20.7 Å². The maximum absolute atomic E-state index is 13.1. The van der Waals surface area contributed by atoms with Gasteiger partial charge in [-0.25, -0.2) is 4.98 Å². The molecule has 0 unspecified atom stereocenters. The molecule has 3 N–H and O–H groups in total. The minimum Gasteiger partial charge on any atom is -0.492 e. The van der Waals surface area contributed by atoms with Gasteiger partial charge in [-0.3, -0.25) is 19.9 Å². The van der Waals surface area contributed by atoms with E-state index in [2.05, 4.69) is 20.2 Å². The van der Waals surface area contributed by atoms with E-state index in [9.17, 15) is 9.59 Å². The van der Waals surface area contributed by atoms with Crippen LogP contribution in [0, 0.1) is 0 Å². The summed E-state index contributed by atoms with van der Waals surface area (Å²) in [6, 6.07) is 10.4. The zero-order valence-electron chi connectivity index (χ0n) is 18.4. The van der Waals surface area contributed by atoms with E-state index in [0.29, 0.717) is 47.3 Å². The van der Waals surface area contributed by atoms with Gasteiger partial charge in [0.05, 0.1) is 5.69 Å². The molecular weight excluding hydrogens is 440 g/mol. The third kappa shape index (κ3) is 5.72. The van der Waals surface area contributed by atoms with Gasteiger partial charge < -0.3 is 20.3 Å². The Morgan fingerprint density at radius 3 is 2.64 bits per heavy atom. The van der Waals surface area contributed by atoms with Crippen LogP contribution in [-0.4, -0.2) is 78.0 Å². The van der Waals surface area contributed by atoms with Crippen LogP contribution in [0.15, 0.2) is 48.0 Å². The highest BCUT2D eigenvalue weighted by molar-refractivity contribution is 7.14. The predicted molar refractivity (Wildman–Crippen MR) is 128 cm³/mol. The number of likely N-dealkylation sites (N-methyl/N-ethyl adjacent to an activating group) is 1. The average Bonchev–Trinajstić information content (AvgIpc) is 3.31. The van der Waals surface area contributed by atoms with E-state index in [0.717, 1.165) is 18.8 Å². The van der Waals surface area contributed by atoms with Crippen molar-refractivity contribution in [3.63, 3.8) is 0 Å². The minimum atomic E-state index is -0.373. The first-order valence-electron chi connectivity index (χ1n) is 10.7. The molecule has 0 spiro atoms. The van der Waals surface area contributed by atoms with Gasteiger partial charge in [-0.15, -0.1) is 11.3 Å². The number of amides is 2. The highest BCUT2D eigenvalue weighted by Gasteiger charge is 2.22. The maximum atomic E-state index is 13.1. The lowest BCUT2D eigenvalue weighted by molar-refractivity contribution is 0.0663. The van der Waals surface area contributed by atoms with E-state index in [1.54, 1.807) is 29.3 Å². The highest BCUT2D eigenvalue weighted by Crippen LogP contribution is 2.25. The van der Waals surface area contributed by atoms with E-state index in [1.807, 2.05) is 30.6 Å². The van der Waals surface area contributed by atoms with Crippen LogP contribution in [-0.2, 0) is 0 Å². The smallest absolute Gasteiger partial charge is 0.257 e. The standard InChI is InChI=1S/C23H26N6O3S/c1-28-7-9-29(10-8-28)22(31)17-12-16(13-18(14-17)32-11-5-24)21(30)27-23-26-20(15-33-23)19-4-2-3-6-25-19/h2-4,6,12-15H,5,7-11,24H2,1H3,(H,26,27,30).